The normalized spacial score (nSPS) is 11.6. The summed E-state index contributed by atoms with van der Waals surface area (Å²) in [6.07, 6.45) is 0.692. The fourth-order valence-electron chi connectivity index (χ4n) is 1.39. The van der Waals surface area contributed by atoms with Crippen LogP contribution in [0.3, 0.4) is 0 Å². The highest BCUT2D eigenvalue weighted by Gasteiger charge is 2.20. The molecule has 3 heteroatoms. The third-order valence-electron chi connectivity index (χ3n) is 2.40. The van der Waals surface area contributed by atoms with E-state index in [-0.39, 0.29) is 5.78 Å². The number of halogens is 2. The van der Waals surface area contributed by atoms with Crippen molar-refractivity contribution in [2.75, 3.05) is 0 Å². The van der Waals surface area contributed by atoms with Crippen LogP contribution in [0.1, 0.15) is 32.8 Å². The lowest BCUT2D eigenvalue weighted by Crippen LogP contribution is -2.20. The Balaban J connectivity index is 2.65. The lowest BCUT2D eigenvalue weighted by Gasteiger charge is -2.16. The molecule has 0 saturated heterocycles. The van der Waals surface area contributed by atoms with Crippen LogP contribution in [0.4, 0.5) is 8.78 Å². The molecule has 0 atom stereocenters. The second kappa shape index (κ2) is 4.73. The summed E-state index contributed by atoms with van der Waals surface area (Å²) in [5.74, 6) is -1.10. The van der Waals surface area contributed by atoms with Crippen molar-refractivity contribution in [1.29, 1.82) is 0 Å². The third-order valence-corrected chi connectivity index (χ3v) is 2.40. The van der Waals surface area contributed by atoms with Gasteiger partial charge in [-0.3, -0.25) is 4.79 Å². The lowest BCUT2D eigenvalue weighted by atomic mass is 9.87. The summed E-state index contributed by atoms with van der Waals surface area (Å²) in [5.41, 5.74) is 0.126. The zero-order chi connectivity index (χ0) is 12.3. The second-order valence-corrected chi connectivity index (χ2v) is 4.95. The molecule has 0 fully saturated rings. The van der Waals surface area contributed by atoms with E-state index in [2.05, 4.69) is 0 Å². The maximum absolute atomic E-state index is 12.9. The topological polar surface area (TPSA) is 17.1 Å². The van der Waals surface area contributed by atoms with Crippen LogP contribution in [-0.2, 0) is 11.2 Å². The average Bonchev–Trinajstić information content (AvgIpc) is 2.11. The van der Waals surface area contributed by atoms with Gasteiger partial charge < -0.3 is 0 Å². The van der Waals surface area contributed by atoms with Gasteiger partial charge in [0.05, 0.1) is 0 Å². The maximum Gasteiger partial charge on any atom is 0.138 e. The van der Waals surface area contributed by atoms with Gasteiger partial charge in [0.25, 0.3) is 0 Å². The van der Waals surface area contributed by atoms with Gasteiger partial charge in [0.1, 0.15) is 17.4 Å². The molecule has 0 heterocycles. The van der Waals surface area contributed by atoms with E-state index in [0.717, 1.165) is 6.07 Å². The molecule has 0 N–H and O–H groups in total. The monoisotopic (exact) mass is 226 g/mol. The molecule has 0 aliphatic carbocycles. The van der Waals surface area contributed by atoms with Crippen LogP contribution in [-0.4, -0.2) is 5.78 Å². The molecule has 0 aromatic heterocycles. The van der Waals surface area contributed by atoms with Crippen molar-refractivity contribution < 1.29 is 13.6 Å². The average molecular weight is 226 g/mol. The van der Waals surface area contributed by atoms with E-state index >= 15 is 0 Å². The minimum absolute atomic E-state index is 0.0946. The molecule has 1 aromatic rings. The van der Waals surface area contributed by atoms with Crippen LogP contribution in [0.5, 0.6) is 0 Å². The van der Waals surface area contributed by atoms with Gasteiger partial charge in [0.15, 0.2) is 0 Å². The first-order valence-electron chi connectivity index (χ1n) is 5.27. The predicted octanol–water partition coefficient (Wildman–Crippen LogP) is 3.51. The Hall–Kier alpha value is -1.25. The van der Waals surface area contributed by atoms with Crippen LogP contribution in [0.15, 0.2) is 18.2 Å². The number of ketones is 1. The summed E-state index contributed by atoms with van der Waals surface area (Å²) in [7, 11) is 0. The van der Waals surface area contributed by atoms with Gasteiger partial charge in [0.2, 0.25) is 0 Å². The summed E-state index contributed by atoms with van der Waals surface area (Å²) in [5, 5.41) is 0. The van der Waals surface area contributed by atoms with E-state index in [1.807, 2.05) is 20.8 Å². The lowest BCUT2D eigenvalue weighted by molar-refractivity contribution is -0.126. The van der Waals surface area contributed by atoms with Crippen molar-refractivity contribution in [3.8, 4) is 0 Å². The SMILES string of the molecule is CC(C)(C)C(=O)CCc1cc(F)cc(F)c1. The van der Waals surface area contributed by atoms with Crippen molar-refractivity contribution in [2.24, 2.45) is 5.41 Å². The van der Waals surface area contributed by atoms with Gasteiger partial charge in [-0.2, -0.15) is 0 Å². The summed E-state index contributed by atoms with van der Waals surface area (Å²) >= 11 is 0. The number of rotatable bonds is 3. The quantitative estimate of drug-likeness (QED) is 0.770. The van der Waals surface area contributed by atoms with Crippen LogP contribution in [0.25, 0.3) is 0 Å². The number of carbonyl (C=O) groups excluding carboxylic acids is 1. The van der Waals surface area contributed by atoms with Gasteiger partial charge in [-0.15, -0.1) is 0 Å². The van der Waals surface area contributed by atoms with E-state index in [4.69, 9.17) is 0 Å². The van der Waals surface area contributed by atoms with Crippen molar-refractivity contribution in [3.05, 3.63) is 35.4 Å². The highest BCUT2D eigenvalue weighted by atomic mass is 19.1. The first-order chi connectivity index (χ1) is 7.29. The van der Waals surface area contributed by atoms with Gasteiger partial charge in [-0.1, -0.05) is 20.8 Å². The molecule has 88 valence electrons. The first-order valence-corrected chi connectivity index (χ1v) is 5.27. The third kappa shape index (κ3) is 3.72. The van der Waals surface area contributed by atoms with Crippen LogP contribution >= 0.6 is 0 Å². The molecule has 0 aliphatic rings. The van der Waals surface area contributed by atoms with E-state index in [1.165, 1.54) is 12.1 Å². The molecule has 0 aliphatic heterocycles. The standard InChI is InChI=1S/C13H16F2O/c1-13(2,3)12(16)5-4-9-6-10(14)8-11(15)7-9/h6-8H,4-5H2,1-3H3. The summed E-state index contributed by atoms with van der Waals surface area (Å²) in [4.78, 5) is 11.6. The fraction of sp³-hybridized carbons (Fsp3) is 0.462. The Morgan fingerprint density at radius 1 is 1.12 bits per heavy atom. The molecular weight excluding hydrogens is 210 g/mol. The maximum atomic E-state index is 12.9. The molecule has 0 radical (unpaired) electrons. The van der Waals surface area contributed by atoms with Crippen molar-refractivity contribution in [1.82, 2.24) is 0 Å². The molecule has 0 spiro atoms. The number of Topliss-reactive ketones (excluding diaryl/α,β-unsaturated/α-hetero) is 1. The Bertz CT molecular complexity index is 371. The minimum Gasteiger partial charge on any atom is -0.299 e. The number of benzene rings is 1. The second-order valence-electron chi connectivity index (χ2n) is 4.95. The Kier molecular flexibility index (Phi) is 3.79. The number of aryl methyl sites for hydroxylation is 1. The molecule has 1 nitrogen and oxygen atoms in total. The van der Waals surface area contributed by atoms with E-state index in [1.54, 1.807) is 0 Å². The Morgan fingerprint density at radius 3 is 2.06 bits per heavy atom. The molecule has 0 bridgehead atoms. The van der Waals surface area contributed by atoms with Gasteiger partial charge >= 0.3 is 0 Å². The highest BCUT2D eigenvalue weighted by molar-refractivity contribution is 5.83. The molecular formula is C13H16F2O. The van der Waals surface area contributed by atoms with E-state index in [0.29, 0.717) is 18.4 Å². The largest absolute Gasteiger partial charge is 0.299 e. The zero-order valence-electron chi connectivity index (χ0n) is 9.81. The minimum atomic E-state index is -0.599. The molecule has 16 heavy (non-hydrogen) atoms. The number of carbonyl (C=O) groups is 1. The van der Waals surface area contributed by atoms with Crippen LogP contribution in [0, 0.1) is 17.0 Å². The number of hydrogen-bond acceptors (Lipinski definition) is 1. The van der Waals surface area contributed by atoms with E-state index < -0.39 is 17.0 Å². The molecule has 0 saturated carbocycles. The predicted molar refractivity (Wildman–Crippen MR) is 59.1 cm³/mol. The van der Waals surface area contributed by atoms with Crippen molar-refractivity contribution >= 4 is 5.78 Å². The van der Waals surface area contributed by atoms with Crippen LogP contribution in [0.2, 0.25) is 0 Å². The fourth-order valence-corrected chi connectivity index (χ4v) is 1.39. The number of hydrogen-bond donors (Lipinski definition) is 0. The summed E-state index contributed by atoms with van der Waals surface area (Å²) in [6, 6.07) is 3.35. The highest BCUT2D eigenvalue weighted by Crippen LogP contribution is 2.19. The zero-order valence-corrected chi connectivity index (χ0v) is 9.81. The first kappa shape index (κ1) is 12.8. The smallest absolute Gasteiger partial charge is 0.138 e. The summed E-state index contributed by atoms with van der Waals surface area (Å²) < 4.78 is 25.7. The molecule has 1 rings (SSSR count). The van der Waals surface area contributed by atoms with Crippen molar-refractivity contribution in [3.63, 3.8) is 0 Å². The Labute approximate surface area is 94.5 Å². The van der Waals surface area contributed by atoms with Gasteiger partial charge in [-0.25, -0.2) is 8.78 Å². The van der Waals surface area contributed by atoms with Crippen LogP contribution < -0.4 is 0 Å². The summed E-state index contributed by atoms with van der Waals surface area (Å²) in [6.45, 7) is 5.50. The molecule has 1 aromatic carbocycles. The van der Waals surface area contributed by atoms with E-state index in [9.17, 15) is 13.6 Å². The van der Waals surface area contributed by atoms with Gasteiger partial charge in [-0.05, 0) is 24.1 Å². The Morgan fingerprint density at radius 2 is 1.62 bits per heavy atom. The van der Waals surface area contributed by atoms with Gasteiger partial charge in [0, 0.05) is 17.9 Å². The van der Waals surface area contributed by atoms with Crippen molar-refractivity contribution in [2.45, 2.75) is 33.6 Å². The molecule has 0 amide bonds. The molecule has 0 unspecified atom stereocenters.